The fraction of sp³-hybridized carbons (Fsp3) is 0.357. The van der Waals surface area contributed by atoms with Crippen LogP contribution < -0.4 is 5.32 Å². The number of H-pyrrole nitrogens is 1. The minimum absolute atomic E-state index is 0.353. The van der Waals surface area contributed by atoms with E-state index in [-0.39, 0.29) is 0 Å². The molecule has 0 bridgehead atoms. The second-order valence-electron chi connectivity index (χ2n) is 4.70. The van der Waals surface area contributed by atoms with E-state index in [4.69, 9.17) is 6.42 Å². The number of hydrogen-bond donors (Lipinski definition) is 2. The molecule has 3 nitrogen and oxygen atoms in total. The minimum Gasteiger partial charge on any atom is -0.341 e. The summed E-state index contributed by atoms with van der Waals surface area (Å²) in [5, 5.41) is 3.53. The highest BCUT2D eigenvalue weighted by Crippen LogP contribution is 2.26. The first-order valence-electron chi connectivity index (χ1n) is 5.98. The van der Waals surface area contributed by atoms with E-state index in [0.717, 1.165) is 28.8 Å². The first-order chi connectivity index (χ1) is 8.26. The Bertz CT molecular complexity index is 591. The maximum absolute atomic E-state index is 5.39. The molecule has 0 unspecified atom stereocenters. The molecule has 1 saturated heterocycles. The Morgan fingerprint density at radius 1 is 1.41 bits per heavy atom. The van der Waals surface area contributed by atoms with Crippen molar-refractivity contribution in [3.63, 3.8) is 0 Å². The summed E-state index contributed by atoms with van der Waals surface area (Å²) < 4.78 is 0. The maximum Gasteiger partial charge on any atom is 0.124 e. The fourth-order valence-corrected chi connectivity index (χ4v) is 2.42. The van der Waals surface area contributed by atoms with Crippen molar-refractivity contribution in [1.29, 1.82) is 0 Å². The van der Waals surface area contributed by atoms with Crippen LogP contribution in [-0.4, -0.2) is 16.0 Å². The molecule has 1 aromatic carbocycles. The Morgan fingerprint density at radius 3 is 3.00 bits per heavy atom. The van der Waals surface area contributed by atoms with E-state index in [0.29, 0.717) is 12.1 Å². The van der Waals surface area contributed by atoms with Crippen molar-refractivity contribution in [2.45, 2.75) is 31.8 Å². The Kier molecular flexibility index (Phi) is 2.38. The standard InChI is InChI=1S/C14H15N3/c1-3-10-5-7-11-13(8-10)17-14(16-11)12-6-4-9(2)15-12/h1,5,7-9,12,15H,4,6H2,2H3,(H,16,17)/t9-,12-/m0/s1. The van der Waals surface area contributed by atoms with Gasteiger partial charge in [-0.05, 0) is 38.0 Å². The number of fused-ring (bicyclic) bond motifs is 1. The number of rotatable bonds is 1. The Morgan fingerprint density at radius 2 is 2.29 bits per heavy atom. The summed E-state index contributed by atoms with van der Waals surface area (Å²) in [7, 11) is 0. The summed E-state index contributed by atoms with van der Waals surface area (Å²) in [5.74, 6) is 3.66. The lowest BCUT2D eigenvalue weighted by molar-refractivity contribution is 0.565. The lowest BCUT2D eigenvalue weighted by Crippen LogP contribution is -2.21. The van der Waals surface area contributed by atoms with Crippen molar-refractivity contribution in [1.82, 2.24) is 15.3 Å². The average Bonchev–Trinajstić information content (AvgIpc) is 2.93. The number of benzene rings is 1. The van der Waals surface area contributed by atoms with Crippen molar-refractivity contribution in [2.75, 3.05) is 0 Å². The third-order valence-electron chi connectivity index (χ3n) is 3.37. The lowest BCUT2D eigenvalue weighted by atomic mass is 10.2. The predicted octanol–water partition coefficient (Wildman–Crippen LogP) is 2.36. The summed E-state index contributed by atoms with van der Waals surface area (Å²) in [5.41, 5.74) is 2.89. The van der Waals surface area contributed by atoms with Gasteiger partial charge in [-0.15, -0.1) is 6.42 Å². The number of aromatic amines is 1. The van der Waals surface area contributed by atoms with Crippen LogP contribution in [0.5, 0.6) is 0 Å². The highest BCUT2D eigenvalue weighted by atomic mass is 15.1. The average molecular weight is 225 g/mol. The molecule has 86 valence electrons. The molecule has 0 spiro atoms. The first-order valence-corrected chi connectivity index (χ1v) is 5.98. The summed E-state index contributed by atoms with van der Waals surface area (Å²) in [6.07, 6.45) is 7.74. The molecule has 3 rings (SSSR count). The summed E-state index contributed by atoms with van der Waals surface area (Å²) >= 11 is 0. The van der Waals surface area contributed by atoms with E-state index in [2.05, 4.69) is 28.1 Å². The number of terminal acetylenes is 1. The van der Waals surface area contributed by atoms with Gasteiger partial charge < -0.3 is 10.3 Å². The quantitative estimate of drug-likeness (QED) is 0.731. The van der Waals surface area contributed by atoms with Gasteiger partial charge in [-0.2, -0.15) is 0 Å². The molecule has 1 aliphatic rings. The van der Waals surface area contributed by atoms with Crippen molar-refractivity contribution in [3.05, 3.63) is 29.6 Å². The molecule has 0 radical (unpaired) electrons. The van der Waals surface area contributed by atoms with Crippen molar-refractivity contribution in [3.8, 4) is 12.3 Å². The smallest absolute Gasteiger partial charge is 0.124 e. The van der Waals surface area contributed by atoms with Gasteiger partial charge in [-0.1, -0.05) is 5.92 Å². The second kappa shape index (κ2) is 3.90. The van der Waals surface area contributed by atoms with E-state index in [1.165, 1.54) is 6.42 Å². The Balaban J connectivity index is 1.99. The van der Waals surface area contributed by atoms with Gasteiger partial charge in [0.2, 0.25) is 0 Å². The molecule has 2 aromatic rings. The van der Waals surface area contributed by atoms with Gasteiger partial charge in [0.15, 0.2) is 0 Å². The van der Waals surface area contributed by atoms with Crippen LogP contribution in [0.15, 0.2) is 18.2 Å². The number of nitrogens with zero attached hydrogens (tertiary/aromatic N) is 1. The largest absolute Gasteiger partial charge is 0.341 e. The zero-order chi connectivity index (χ0) is 11.8. The molecule has 0 aliphatic carbocycles. The van der Waals surface area contributed by atoms with Gasteiger partial charge in [0, 0.05) is 11.6 Å². The van der Waals surface area contributed by atoms with E-state index >= 15 is 0 Å². The number of imidazole rings is 1. The van der Waals surface area contributed by atoms with Crippen molar-refractivity contribution < 1.29 is 0 Å². The molecular formula is C14H15N3. The molecule has 3 heteroatoms. The molecule has 0 amide bonds. The van der Waals surface area contributed by atoms with Gasteiger partial charge in [0.05, 0.1) is 17.1 Å². The van der Waals surface area contributed by atoms with Gasteiger partial charge in [0.25, 0.3) is 0 Å². The van der Waals surface area contributed by atoms with E-state index in [1.807, 2.05) is 18.2 Å². The van der Waals surface area contributed by atoms with Gasteiger partial charge in [-0.3, -0.25) is 0 Å². The Hall–Kier alpha value is -1.79. The lowest BCUT2D eigenvalue weighted by Gasteiger charge is -2.07. The van der Waals surface area contributed by atoms with Gasteiger partial charge in [-0.25, -0.2) is 4.98 Å². The van der Waals surface area contributed by atoms with Crippen LogP contribution in [0.2, 0.25) is 0 Å². The molecule has 2 N–H and O–H groups in total. The highest BCUT2D eigenvalue weighted by Gasteiger charge is 2.24. The molecule has 1 aliphatic heterocycles. The third kappa shape index (κ3) is 1.81. The van der Waals surface area contributed by atoms with Gasteiger partial charge in [0.1, 0.15) is 5.82 Å². The molecular weight excluding hydrogens is 210 g/mol. The predicted molar refractivity (Wildman–Crippen MR) is 68.6 cm³/mol. The summed E-state index contributed by atoms with van der Waals surface area (Å²) in [6, 6.07) is 6.82. The summed E-state index contributed by atoms with van der Waals surface area (Å²) in [4.78, 5) is 7.99. The monoisotopic (exact) mass is 225 g/mol. The van der Waals surface area contributed by atoms with Crippen LogP contribution in [-0.2, 0) is 0 Å². The summed E-state index contributed by atoms with van der Waals surface area (Å²) in [6.45, 7) is 2.21. The van der Waals surface area contributed by atoms with Crippen LogP contribution in [0.25, 0.3) is 11.0 Å². The van der Waals surface area contributed by atoms with Crippen molar-refractivity contribution >= 4 is 11.0 Å². The second-order valence-corrected chi connectivity index (χ2v) is 4.70. The van der Waals surface area contributed by atoms with Crippen LogP contribution in [0.3, 0.4) is 0 Å². The van der Waals surface area contributed by atoms with Crippen molar-refractivity contribution in [2.24, 2.45) is 0 Å². The normalized spacial score (nSPS) is 24.0. The molecule has 17 heavy (non-hydrogen) atoms. The zero-order valence-electron chi connectivity index (χ0n) is 9.83. The van der Waals surface area contributed by atoms with E-state index in [1.54, 1.807) is 0 Å². The van der Waals surface area contributed by atoms with Crippen LogP contribution in [0, 0.1) is 12.3 Å². The third-order valence-corrected chi connectivity index (χ3v) is 3.37. The van der Waals surface area contributed by atoms with Crippen LogP contribution >= 0.6 is 0 Å². The molecule has 1 fully saturated rings. The molecule has 1 aromatic heterocycles. The molecule has 2 atom stereocenters. The fourth-order valence-electron chi connectivity index (χ4n) is 2.42. The Labute approximate surface area is 101 Å². The van der Waals surface area contributed by atoms with Crippen LogP contribution in [0.4, 0.5) is 0 Å². The minimum atomic E-state index is 0.353. The van der Waals surface area contributed by atoms with E-state index < -0.39 is 0 Å². The molecule has 2 heterocycles. The number of hydrogen-bond acceptors (Lipinski definition) is 2. The molecule has 0 saturated carbocycles. The topological polar surface area (TPSA) is 40.7 Å². The maximum atomic E-state index is 5.39. The SMILES string of the molecule is C#Cc1ccc2[nH]c([C@@H]3CC[C@H](C)N3)nc2c1. The zero-order valence-corrected chi connectivity index (χ0v) is 9.83. The van der Waals surface area contributed by atoms with E-state index in [9.17, 15) is 0 Å². The first kappa shape index (κ1) is 10.4. The van der Waals surface area contributed by atoms with Gasteiger partial charge >= 0.3 is 0 Å². The number of aromatic nitrogens is 2. The number of nitrogens with one attached hydrogen (secondary N) is 2. The van der Waals surface area contributed by atoms with Crippen LogP contribution in [0.1, 0.15) is 37.2 Å². The highest BCUT2D eigenvalue weighted by molar-refractivity contribution is 5.77.